The van der Waals surface area contributed by atoms with Gasteiger partial charge in [0.25, 0.3) is 0 Å². The van der Waals surface area contributed by atoms with Crippen LogP contribution in [0.5, 0.6) is 0 Å². The predicted molar refractivity (Wildman–Crippen MR) is 94.1 cm³/mol. The average Bonchev–Trinajstić information content (AvgIpc) is 2.60. The molecule has 2 aromatic rings. The Morgan fingerprint density at radius 2 is 1.36 bits per heavy atom. The molecule has 0 saturated heterocycles. The minimum atomic E-state index is -0.951. The molecule has 6 nitrogen and oxygen atoms in total. The second kappa shape index (κ2) is 8.37. The number of carbonyl (C=O) groups is 3. The third kappa shape index (κ3) is 5.38. The fourth-order valence-electron chi connectivity index (χ4n) is 1.86. The summed E-state index contributed by atoms with van der Waals surface area (Å²) in [6, 6.07) is 13.8. The van der Waals surface area contributed by atoms with Gasteiger partial charge < -0.3 is 0 Å². The first-order valence-electron chi connectivity index (χ1n) is 7.25. The van der Waals surface area contributed by atoms with Crippen LogP contribution < -0.4 is 8.92 Å². The van der Waals surface area contributed by atoms with Gasteiger partial charge in [-0.15, -0.1) is 0 Å². The second-order valence-corrected chi connectivity index (χ2v) is 7.45. The van der Waals surface area contributed by atoms with E-state index in [-0.39, 0.29) is 32.0 Å². The van der Waals surface area contributed by atoms with E-state index in [1.807, 2.05) is 12.1 Å². The van der Waals surface area contributed by atoms with Crippen LogP contribution >= 0.6 is 0 Å². The molecule has 7 heteroatoms. The molecule has 0 aliphatic carbocycles. The van der Waals surface area contributed by atoms with Gasteiger partial charge in [0.1, 0.15) is 0 Å². The normalized spacial score (nSPS) is 11.0. The maximum absolute atomic E-state index is 12.2. The van der Waals surface area contributed by atoms with Crippen molar-refractivity contribution in [3.63, 3.8) is 0 Å². The Balaban J connectivity index is 2.06. The Morgan fingerprint density at radius 1 is 0.880 bits per heavy atom. The summed E-state index contributed by atoms with van der Waals surface area (Å²) in [7, 11) is 0. The molecular weight excluding hydrogens is 389 g/mol. The van der Waals surface area contributed by atoms with Crippen LogP contribution in [0.25, 0.3) is 0 Å². The predicted octanol–water partition coefficient (Wildman–Crippen LogP) is 1.16. The summed E-state index contributed by atoms with van der Waals surface area (Å²) in [6.45, 7) is 2.69. The molecule has 0 radical (unpaired) electrons. The molecule has 0 unspecified atom stereocenters. The topological polar surface area (TPSA) is 93.0 Å². The number of hydrogen-bond acceptors (Lipinski definition) is 5. The molecule has 0 amide bonds. The Kier molecular flexibility index (Phi) is 6.22. The van der Waals surface area contributed by atoms with Crippen molar-refractivity contribution in [1.82, 2.24) is 0 Å². The molecule has 0 saturated carbocycles. The minimum absolute atomic E-state index is 0.000510. The Hall–Kier alpha value is -2.76. The first kappa shape index (κ1) is 18.6. The van der Waals surface area contributed by atoms with Crippen molar-refractivity contribution in [2.24, 2.45) is 5.16 Å². The molecule has 0 aliphatic rings. The molecular formula is C18H15NO5Se. The Labute approximate surface area is 150 Å². The molecule has 0 fully saturated rings. The van der Waals surface area contributed by atoms with Crippen LogP contribution in [0, 0.1) is 0 Å². The van der Waals surface area contributed by atoms with Gasteiger partial charge >= 0.3 is 150 Å². The Morgan fingerprint density at radius 3 is 1.80 bits per heavy atom. The van der Waals surface area contributed by atoms with E-state index in [0.717, 1.165) is 8.92 Å². The van der Waals surface area contributed by atoms with Gasteiger partial charge in [-0.1, -0.05) is 0 Å². The van der Waals surface area contributed by atoms with Crippen LogP contribution in [0.2, 0.25) is 0 Å². The zero-order valence-corrected chi connectivity index (χ0v) is 15.3. The third-order valence-corrected chi connectivity index (χ3v) is 5.22. The van der Waals surface area contributed by atoms with Crippen molar-refractivity contribution in [1.29, 1.82) is 0 Å². The van der Waals surface area contributed by atoms with Gasteiger partial charge in [-0.05, 0) is 0 Å². The van der Waals surface area contributed by atoms with Gasteiger partial charge in [-0.25, -0.2) is 0 Å². The summed E-state index contributed by atoms with van der Waals surface area (Å²) < 4.78 is 2.07. The van der Waals surface area contributed by atoms with Crippen molar-refractivity contribution in [2.75, 3.05) is 0 Å². The molecule has 0 aromatic heterocycles. The van der Waals surface area contributed by atoms with Gasteiger partial charge in [-0.3, -0.25) is 0 Å². The number of rotatable bonds is 6. The average molecular weight is 404 g/mol. The number of ketones is 1. The number of benzene rings is 2. The van der Waals surface area contributed by atoms with Crippen LogP contribution in [-0.2, 0) is 9.63 Å². The van der Waals surface area contributed by atoms with E-state index >= 15 is 0 Å². The maximum atomic E-state index is 12.2. The number of Topliss-reactive ketones (excluding diaryl/α,β-unsaturated/α-hetero) is 1. The molecule has 0 heterocycles. The standard InChI is InChI=1S/C18H15NO5Se/c1-11(19-24-12(2)20)17(21)13-3-7-15(8-4-13)25-16-9-5-14(6-10-16)18(22)23/h3-10H,1-2H3,(H,22,23)/b19-11+. The number of nitrogens with zero attached hydrogens (tertiary/aromatic N) is 1. The van der Waals surface area contributed by atoms with Crippen LogP contribution in [0.4, 0.5) is 0 Å². The van der Waals surface area contributed by atoms with Gasteiger partial charge in [0.05, 0.1) is 0 Å². The van der Waals surface area contributed by atoms with E-state index in [2.05, 4.69) is 9.99 Å². The van der Waals surface area contributed by atoms with Crippen LogP contribution in [-0.4, -0.2) is 43.5 Å². The van der Waals surface area contributed by atoms with Crippen LogP contribution in [0.15, 0.2) is 53.7 Å². The van der Waals surface area contributed by atoms with E-state index in [0.29, 0.717) is 5.56 Å². The zero-order valence-electron chi connectivity index (χ0n) is 13.6. The van der Waals surface area contributed by atoms with Crippen molar-refractivity contribution in [3.05, 3.63) is 59.7 Å². The number of carboxylic acid groups (broad SMARTS) is 1. The van der Waals surface area contributed by atoms with E-state index in [1.54, 1.807) is 36.4 Å². The molecule has 0 aliphatic heterocycles. The number of aromatic carboxylic acids is 1. The van der Waals surface area contributed by atoms with Crippen molar-refractivity contribution in [3.8, 4) is 0 Å². The summed E-state index contributed by atoms with van der Waals surface area (Å²) >= 11 is -0.000510. The summed E-state index contributed by atoms with van der Waals surface area (Å²) in [6.07, 6.45) is 0. The van der Waals surface area contributed by atoms with E-state index < -0.39 is 11.9 Å². The molecule has 2 rings (SSSR count). The quantitative estimate of drug-likeness (QED) is 0.257. The number of carboxylic acids is 1. The number of oxime groups is 1. The molecule has 1 N–H and O–H groups in total. The van der Waals surface area contributed by atoms with E-state index in [1.165, 1.54) is 13.8 Å². The SMILES string of the molecule is CC(=O)O/N=C(\C)C(=O)c1ccc([Se]c2ccc(C(=O)O)cc2)cc1. The summed E-state index contributed by atoms with van der Waals surface area (Å²) in [4.78, 5) is 38.2. The molecule has 128 valence electrons. The molecule has 0 spiro atoms. The first-order valence-corrected chi connectivity index (χ1v) is 8.96. The zero-order chi connectivity index (χ0) is 18.4. The molecule has 0 bridgehead atoms. The second-order valence-electron chi connectivity index (χ2n) is 5.04. The Bertz CT molecular complexity index is 826. The molecule has 2 aromatic carbocycles. The van der Waals surface area contributed by atoms with Gasteiger partial charge in [-0.2, -0.15) is 0 Å². The summed E-state index contributed by atoms with van der Waals surface area (Å²) in [5, 5.41) is 12.4. The van der Waals surface area contributed by atoms with Gasteiger partial charge in [0, 0.05) is 0 Å². The first-order chi connectivity index (χ1) is 11.9. The van der Waals surface area contributed by atoms with Gasteiger partial charge in [0.2, 0.25) is 0 Å². The van der Waals surface area contributed by atoms with Crippen LogP contribution in [0.1, 0.15) is 34.6 Å². The van der Waals surface area contributed by atoms with E-state index in [9.17, 15) is 14.4 Å². The molecule has 25 heavy (non-hydrogen) atoms. The fraction of sp³-hybridized carbons (Fsp3) is 0.111. The van der Waals surface area contributed by atoms with Crippen molar-refractivity contribution in [2.45, 2.75) is 13.8 Å². The monoisotopic (exact) mass is 405 g/mol. The van der Waals surface area contributed by atoms with Crippen molar-refractivity contribution >= 4 is 47.3 Å². The van der Waals surface area contributed by atoms with E-state index in [4.69, 9.17) is 5.11 Å². The summed E-state index contributed by atoms with van der Waals surface area (Å²) in [5.74, 6) is -1.85. The number of carbonyl (C=O) groups excluding carboxylic acids is 2. The summed E-state index contributed by atoms with van der Waals surface area (Å²) in [5.41, 5.74) is 0.801. The molecule has 0 atom stereocenters. The number of hydrogen-bond donors (Lipinski definition) is 1. The van der Waals surface area contributed by atoms with Crippen molar-refractivity contribution < 1.29 is 24.3 Å². The third-order valence-electron chi connectivity index (χ3n) is 3.09. The van der Waals surface area contributed by atoms with Gasteiger partial charge in [0.15, 0.2) is 0 Å². The fourth-order valence-corrected chi connectivity index (χ4v) is 3.57. The van der Waals surface area contributed by atoms with Crippen LogP contribution in [0.3, 0.4) is 0 Å².